The molecule has 0 amide bonds. The number of hydrogen-bond donors (Lipinski definition) is 1. The second-order valence-electron chi connectivity index (χ2n) is 6.78. The number of nitrogens with zero attached hydrogens (tertiary/aromatic N) is 3. The van der Waals surface area contributed by atoms with Crippen molar-refractivity contribution in [1.29, 1.82) is 0 Å². The maximum atomic E-state index is 13.4. The van der Waals surface area contributed by atoms with E-state index in [9.17, 15) is 18.8 Å². The molecule has 31 heavy (non-hydrogen) atoms. The van der Waals surface area contributed by atoms with Crippen LogP contribution in [0.15, 0.2) is 53.3 Å². The van der Waals surface area contributed by atoms with Crippen molar-refractivity contribution in [3.8, 4) is 22.6 Å². The number of aromatic nitrogens is 3. The zero-order valence-electron chi connectivity index (χ0n) is 16.6. The zero-order valence-corrected chi connectivity index (χ0v) is 16.6. The van der Waals surface area contributed by atoms with Crippen molar-refractivity contribution in [2.45, 2.75) is 12.1 Å². The molecule has 2 aromatic carbocycles. The van der Waals surface area contributed by atoms with Gasteiger partial charge in [-0.25, -0.2) is 13.9 Å². The molecule has 0 aliphatic carbocycles. The maximum Gasteiger partial charge on any atom is 0.355 e. The number of carbonyl (C=O) groups is 2. The van der Waals surface area contributed by atoms with Crippen molar-refractivity contribution in [2.75, 3.05) is 19.5 Å². The van der Waals surface area contributed by atoms with Gasteiger partial charge in [-0.2, -0.15) is 10.1 Å². The number of rotatable bonds is 4. The van der Waals surface area contributed by atoms with Gasteiger partial charge < -0.3 is 14.8 Å². The summed E-state index contributed by atoms with van der Waals surface area (Å²) in [6.45, 7) is 0. The number of ether oxygens (including phenoxy) is 2. The summed E-state index contributed by atoms with van der Waals surface area (Å²) in [6.07, 6.45) is -0.488. The number of methoxy groups -OCH3 is 2. The number of esters is 2. The monoisotopic (exact) mass is 424 g/mol. The molecule has 0 fully saturated rings. The van der Waals surface area contributed by atoms with Crippen molar-refractivity contribution in [2.24, 2.45) is 0 Å². The molecule has 0 saturated carbocycles. The molecule has 0 unspecified atom stereocenters. The number of halogens is 1. The molecule has 9 nitrogen and oxygen atoms in total. The van der Waals surface area contributed by atoms with Crippen LogP contribution in [0, 0.1) is 5.82 Å². The summed E-state index contributed by atoms with van der Waals surface area (Å²) in [5.74, 6) is -1.97. The molecular weight excluding hydrogens is 407 g/mol. The number of hydrogen-bond acceptors (Lipinski definition) is 8. The fourth-order valence-electron chi connectivity index (χ4n) is 3.46. The summed E-state index contributed by atoms with van der Waals surface area (Å²) in [7, 11) is 2.35. The van der Waals surface area contributed by atoms with Crippen LogP contribution in [0.4, 0.5) is 10.1 Å². The lowest BCUT2D eigenvalue weighted by Gasteiger charge is -2.38. The van der Waals surface area contributed by atoms with E-state index in [1.54, 1.807) is 24.3 Å². The zero-order chi connectivity index (χ0) is 22.2. The van der Waals surface area contributed by atoms with E-state index in [2.05, 4.69) is 15.4 Å². The highest BCUT2D eigenvalue weighted by molar-refractivity contribution is 5.92. The number of fused-ring (bicyclic) bond motifs is 3. The van der Waals surface area contributed by atoms with Crippen molar-refractivity contribution in [3.63, 3.8) is 0 Å². The molecule has 1 aliphatic heterocycles. The first kappa shape index (κ1) is 20.2. The molecule has 4 rings (SSSR count). The Morgan fingerprint density at radius 2 is 1.81 bits per heavy atom. The smallest absolute Gasteiger partial charge is 0.355 e. The van der Waals surface area contributed by atoms with Crippen LogP contribution in [-0.2, 0) is 24.7 Å². The van der Waals surface area contributed by atoms with Gasteiger partial charge in [0.05, 0.1) is 14.2 Å². The average Bonchev–Trinajstić information content (AvgIpc) is 2.78. The van der Waals surface area contributed by atoms with Gasteiger partial charge in [-0.15, -0.1) is 0 Å². The third-order valence-electron chi connectivity index (χ3n) is 4.95. The molecule has 3 aromatic rings. The van der Waals surface area contributed by atoms with Gasteiger partial charge in [-0.05, 0) is 36.4 Å². The Kier molecular flexibility index (Phi) is 4.97. The minimum absolute atomic E-state index is 0.0690. The lowest BCUT2D eigenvalue weighted by molar-refractivity contribution is -0.157. The van der Waals surface area contributed by atoms with Gasteiger partial charge >= 0.3 is 11.9 Å². The Labute approximate surface area is 175 Å². The van der Waals surface area contributed by atoms with E-state index >= 15 is 0 Å². The predicted octanol–water partition coefficient (Wildman–Crippen LogP) is 1.93. The summed E-state index contributed by atoms with van der Waals surface area (Å²) >= 11 is 0. The summed E-state index contributed by atoms with van der Waals surface area (Å²) in [5.41, 5.74) is -1.40. The topological polar surface area (TPSA) is 112 Å². The van der Waals surface area contributed by atoms with Gasteiger partial charge in [0.25, 0.3) is 5.56 Å². The molecule has 1 aliphatic rings. The minimum atomic E-state index is -1.86. The van der Waals surface area contributed by atoms with Crippen molar-refractivity contribution < 1.29 is 23.5 Å². The highest BCUT2D eigenvalue weighted by Crippen LogP contribution is 2.39. The fourth-order valence-corrected chi connectivity index (χ4v) is 3.46. The summed E-state index contributed by atoms with van der Waals surface area (Å²) < 4.78 is 24.3. The van der Waals surface area contributed by atoms with Crippen LogP contribution in [-0.4, -0.2) is 40.9 Å². The lowest BCUT2D eigenvalue weighted by atomic mass is 9.99. The molecule has 1 aromatic heterocycles. The Bertz CT molecular complexity index is 1240. The second-order valence-corrected chi connectivity index (χ2v) is 6.78. The Balaban J connectivity index is 2.04. The van der Waals surface area contributed by atoms with Gasteiger partial charge in [0.15, 0.2) is 11.5 Å². The SMILES string of the molecule is COC(=O)C[C@@]1(C(=O)OC)Nc2ccccc2-c2nc(=O)c(-c3ccc(F)cc3)nn21. The molecule has 2 heterocycles. The highest BCUT2D eigenvalue weighted by atomic mass is 19.1. The van der Waals surface area contributed by atoms with Crippen LogP contribution in [0.3, 0.4) is 0 Å². The number of carbonyl (C=O) groups excluding carboxylic acids is 2. The van der Waals surface area contributed by atoms with E-state index in [1.165, 1.54) is 38.5 Å². The van der Waals surface area contributed by atoms with Gasteiger partial charge in [0, 0.05) is 16.8 Å². The molecule has 0 radical (unpaired) electrons. The van der Waals surface area contributed by atoms with Crippen LogP contribution >= 0.6 is 0 Å². The molecule has 1 N–H and O–H groups in total. The Morgan fingerprint density at radius 1 is 1.10 bits per heavy atom. The largest absolute Gasteiger partial charge is 0.469 e. The quantitative estimate of drug-likeness (QED) is 0.633. The van der Waals surface area contributed by atoms with Crippen molar-refractivity contribution >= 4 is 17.6 Å². The van der Waals surface area contributed by atoms with E-state index < -0.39 is 35.4 Å². The fraction of sp³-hybridized carbons (Fsp3) is 0.190. The highest BCUT2D eigenvalue weighted by Gasteiger charge is 2.50. The summed E-state index contributed by atoms with van der Waals surface area (Å²) in [5, 5.41) is 7.38. The van der Waals surface area contributed by atoms with Gasteiger partial charge in [0.1, 0.15) is 12.2 Å². The first-order valence-corrected chi connectivity index (χ1v) is 9.20. The predicted molar refractivity (Wildman–Crippen MR) is 107 cm³/mol. The number of benzene rings is 2. The van der Waals surface area contributed by atoms with Crippen LogP contribution in [0.1, 0.15) is 6.42 Å². The first-order valence-electron chi connectivity index (χ1n) is 9.20. The average molecular weight is 424 g/mol. The third-order valence-corrected chi connectivity index (χ3v) is 4.95. The molecule has 10 heteroatoms. The molecular formula is C21H17FN4O5. The van der Waals surface area contributed by atoms with Crippen molar-refractivity contribution in [1.82, 2.24) is 14.8 Å². The molecule has 0 saturated heterocycles. The first-order chi connectivity index (χ1) is 14.9. The summed E-state index contributed by atoms with van der Waals surface area (Å²) in [4.78, 5) is 42.2. The number of anilines is 1. The maximum absolute atomic E-state index is 13.4. The van der Waals surface area contributed by atoms with Crippen LogP contribution in [0.2, 0.25) is 0 Å². The van der Waals surface area contributed by atoms with Crippen molar-refractivity contribution in [3.05, 3.63) is 64.7 Å². The standard InChI is InChI=1S/C21H17FN4O5/c1-30-16(27)11-21(20(29)31-2)24-15-6-4-3-5-14(15)18-23-19(28)17(25-26(18)21)12-7-9-13(22)10-8-12/h3-10,24H,11H2,1-2H3/t21-/m1/s1. The minimum Gasteiger partial charge on any atom is -0.469 e. The molecule has 1 atom stereocenters. The Hall–Kier alpha value is -4.08. The molecule has 0 spiro atoms. The van der Waals surface area contributed by atoms with Crippen LogP contribution in [0.25, 0.3) is 22.6 Å². The van der Waals surface area contributed by atoms with E-state index in [0.717, 1.165) is 4.68 Å². The normalized spacial score (nSPS) is 16.5. The van der Waals surface area contributed by atoms with E-state index in [4.69, 9.17) is 9.47 Å². The third kappa shape index (κ3) is 3.31. The van der Waals surface area contributed by atoms with Crippen LogP contribution in [0.5, 0.6) is 0 Å². The van der Waals surface area contributed by atoms with E-state index in [-0.39, 0.29) is 11.5 Å². The van der Waals surface area contributed by atoms with E-state index in [1.807, 2.05) is 0 Å². The van der Waals surface area contributed by atoms with E-state index in [0.29, 0.717) is 16.8 Å². The lowest BCUT2D eigenvalue weighted by Crippen LogP contribution is -2.55. The molecule has 158 valence electrons. The van der Waals surface area contributed by atoms with Crippen LogP contribution < -0.4 is 10.9 Å². The van der Waals surface area contributed by atoms with Gasteiger partial charge in [-0.3, -0.25) is 9.59 Å². The summed E-state index contributed by atoms with van der Waals surface area (Å²) in [6, 6.07) is 11.9. The second kappa shape index (κ2) is 7.63. The van der Waals surface area contributed by atoms with Gasteiger partial charge in [0.2, 0.25) is 5.66 Å². The molecule has 0 bridgehead atoms. The Morgan fingerprint density at radius 3 is 2.48 bits per heavy atom. The number of nitrogens with one attached hydrogen (secondary N) is 1. The van der Waals surface area contributed by atoms with Gasteiger partial charge in [-0.1, -0.05) is 12.1 Å². The number of para-hydroxylation sites is 1.